The first-order chi connectivity index (χ1) is 12.4. The van der Waals surface area contributed by atoms with E-state index >= 15 is 0 Å². The Bertz CT molecular complexity index is 942. The summed E-state index contributed by atoms with van der Waals surface area (Å²) in [6.45, 7) is 9.39. The number of hydrogen-bond acceptors (Lipinski definition) is 1. The fourth-order valence-electron chi connectivity index (χ4n) is 4.02. The third-order valence-electron chi connectivity index (χ3n) is 5.92. The second-order valence-electron chi connectivity index (χ2n) is 8.74. The third kappa shape index (κ3) is 3.79. The van der Waals surface area contributed by atoms with Gasteiger partial charge in [0.25, 0.3) is 0 Å². The zero-order chi connectivity index (χ0) is 18.4. The summed E-state index contributed by atoms with van der Waals surface area (Å²) in [7, 11) is 0. The minimum Gasteiger partial charge on any atom is -0.304 e. The second-order valence-corrected chi connectivity index (χ2v) is 8.74. The molecule has 27 heavy (non-hydrogen) atoms. The van der Waals surface area contributed by atoms with Crippen LogP contribution in [0.1, 0.15) is 51.7 Å². The number of benzene rings is 2. The predicted molar refractivity (Wildman–Crippen MR) is 109 cm³/mol. The van der Waals surface area contributed by atoms with Crippen LogP contribution in [0.15, 0.2) is 60.8 Å². The van der Waals surface area contributed by atoms with Crippen molar-refractivity contribution < 1.29 is 20.1 Å². The molecule has 1 nitrogen and oxygen atoms in total. The van der Waals surface area contributed by atoms with Gasteiger partial charge in [0.1, 0.15) is 0 Å². The Labute approximate surface area is 176 Å². The first-order valence-electron chi connectivity index (χ1n) is 9.45. The molecule has 2 heteroatoms. The first-order valence-corrected chi connectivity index (χ1v) is 9.45. The Hall–Kier alpha value is -1.76. The fraction of sp³-hybridized carbons (Fsp3) is 0.320. The van der Waals surface area contributed by atoms with Crippen molar-refractivity contribution in [2.24, 2.45) is 0 Å². The zero-order valence-corrected chi connectivity index (χ0v) is 18.9. The fourth-order valence-corrected chi connectivity index (χ4v) is 4.02. The minimum absolute atomic E-state index is 0. The smallest absolute Gasteiger partial charge is 0.0201 e. The Morgan fingerprint density at radius 1 is 0.815 bits per heavy atom. The molecule has 0 amide bonds. The molecule has 1 heterocycles. The summed E-state index contributed by atoms with van der Waals surface area (Å²) in [5.74, 6) is 0. The van der Waals surface area contributed by atoms with Gasteiger partial charge < -0.3 is 4.98 Å². The van der Waals surface area contributed by atoms with Crippen molar-refractivity contribution in [3.63, 3.8) is 0 Å². The molecule has 1 radical (unpaired) electrons. The Kier molecular flexibility index (Phi) is 5.43. The average Bonchev–Trinajstić information content (AvgIpc) is 2.66. The molecular weight excluding hydrogens is 506 g/mol. The predicted octanol–water partition coefficient (Wildman–Crippen LogP) is 6.56. The van der Waals surface area contributed by atoms with Crippen LogP contribution in [0, 0.1) is 6.07 Å². The molecule has 2 aromatic carbocycles. The monoisotopic (exact) mass is 533 g/mol. The molecule has 0 saturated heterocycles. The molecule has 0 atom stereocenters. The molecule has 0 unspecified atom stereocenters. The van der Waals surface area contributed by atoms with Crippen LogP contribution in [0.5, 0.6) is 0 Å². The van der Waals surface area contributed by atoms with E-state index in [0.29, 0.717) is 0 Å². The van der Waals surface area contributed by atoms with Gasteiger partial charge in [-0.1, -0.05) is 64.1 Å². The van der Waals surface area contributed by atoms with Gasteiger partial charge in [0.15, 0.2) is 0 Å². The van der Waals surface area contributed by atoms with Crippen LogP contribution in [-0.4, -0.2) is 4.98 Å². The molecule has 1 aliphatic carbocycles. The molecule has 0 aliphatic heterocycles. The maximum absolute atomic E-state index is 4.83. The largest absolute Gasteiger partial charge is 0.304 e. The summed E-state index contributed by atoms with van der Waals surface area (Å²) in [6, 6.07) is 22.5. The molecule has 0 spiro atoms. The Morgan fingerprint density at radius 3 is 2.19 bits per heavy atom. The average molecular weight is 533 g/mol. The van der Waals surface area contributed by atoms with Gasteiger partial charge in [0, 0.05) is 26.3 Å². The van der Waals surface area contributed by atoms with E-state index in [4.69, 9.17) is 4.98 Å². The summed E-state index contributed by atoms with van der Waals surface area (Å²) in [6.07, 6.45) is 4.53. The molecule has 1 aliphatic rings. The van der Waals surface area contributed by atoms with Crippen molar-refractivity contribution in [1.29, 1.82) is 0 Å². The van der Waals surface area contributed by atoms with Crippen molar-refractivity contribution in [2.75, 3.05) is 0 Å². The van der Waals surface area contributed by atoms with Crippen LogP contribution in [0.25, 0.3) is 22.4 Å². The van der Waals surface area contributed by atoms with E-state index in [9.17, 15) is 0 Å². The molecule has 141 valence electrons. The number of pyridine rings is 1. The molecule has 0 bridgehead atoms. The van der Waals surface area contributed by atoms with Crippen LogP contribution in [-0.2, 0) is 30.9 Å². The summed E-state index contributed by atoms with van der Waals surface area (Å²) in [5.41, 5.74) is 7.75. The number of fused-ring (bicyclic) bond motifs is 1. The van der Waals surface area contributed by atoms with Gasteiger partial charge in [-0.25, -0.2) is 0 Å². The number of hydrogen-bond donors (Lipinski definition) is 0. The van der Waals surface area contributed by atoms with E-state index in [2.05, 4.69) is 82.4 Å². The van der Waals surface area contributed by atoms with Crippen LogP contribution in [0.2, 0.25) is 0 Å². The molecule has 0 N–H and O–H groups in total. The maximum atomic E-state index is 4.83. The standard InChI is InChI=1S/C25H26N.Ir/c1-24(2)13-14-25(3,4)22-17-26-23(16-21(22)24)20-12-8-11-19(15-20)18-9-6-5-7-10-18;/h5-11,15-17H,13-14H2,1-4H3;/q-1;. The molecule has 3 aromatic rings. The maximum Gasteiger partial charge on any atom is 0.0201 e. The number of rotatable bonds is 2. The van der Waals surface area contributed by atoms with Gasteiger partial charge in [-0.2, -0.15) is 0 Å². The van der Waals surface area contributed by atoms with Crippen LogP contribution >= 0.6 is 0 Å². The number of nitrogens with zero attached hydrogens (tertiary/aromatic N) is 1. The Morgan fingerprint density at radius 2 is 1.48 bits per heavy atom. The summed E-state index contributed by atoms with van der Waals surface area (Å²) in [4.78, 5) is 4.83. The van der Waals surface area contributed by atoms with Crippen LogP contribution in [0.4, 0.5) is 0 Å². The van der Waals surface area contributed by atoms with Crippen LogP contribution < -0.4 is 0 Å². The molecule has 0 saturated carbocycles. The van der Waals surface area contributed by atoms with Gasteiger partial charge in [-0.3, -0.25) is 0 Å². The van der Waals surface area contributed by atoms with E-state index in [1.807, 2.05) is 12.1 Å². The Balaban J connectivity index is 0.00000210. The van der Waals surface area contributed by atoms with Crippen molar-refractivity contribution in [3.8, 4) is 22.4 Å². The van der Waals surface area contributed by atoms with Crippen molar-refractivity contribution in [1.82, 2.24) is 4.98 Å². The summed E-state index contributed by atoms with van der Waals surface area (Å²) >= 11 is 0. The van der Waals surface area contributed by atoms with E-state index in [0.717, 1.165) is 11.3 Å². The van der Waals surface area contributed by atoms with E-state index in [-0.39, 0.29) is 30.9 Å². The first kappa shape index (κ1) is 20.0. The van der Waals surface area contributed by atoms with Gasteiger partial charge in [-0.05, 0) is 46.1 Å². The van der Waals surface area contributed by atoms with E-state index < -0.39 is 0 Å². The van der Waals surface area contributed by atoms with Crippen molar-refractivity contribution in [3.05, 3.63) is 78.0 Å². The topological polar surface area (TPSA) is 12.9 Å². The quantitative estimate of drug-likeness (QED) is 0.341. The SMILES string of the molecule is CC1(C)CCC(C)(C)c2cc(-c3[c-]ccc(-c4ccccc4)c3)ncc21.[Ir]. The summed E-state index contributed by atoms with van der Waals surface area (Å²) in [5, 5.41) is 0. The second kappa shape index (κ2) is 7.34. The minimum atomic E-state index is 0. The van der Waals surface area contributed by atoms with Gasteiger partial charge in [-0.15, -0.1) is 35.4 Å². The van der Waals surface area contributed by atoms with E-state index in [1.165, 1.54) is 35.1 Å². The van der Waals surface area contributed by atoms with Gasteiger partial charge in [0.2, 0.25) is 0 Å². The van der Waals surface area contributed by atoms with Crippen molar-refractivity contribution in [2.45, 2.75) is 51.4 Å². The van der Waals surface area contributed by atoms with E-state index in [1.54, 1.807) is 0 Å². The van der Waals surface area contributed by atoms with Crippen LogP contribution in [0.3, 0.4) is 0 Å². The molecule has 4 rings (SSSR count). The van der Waals surface area contributed by atoms with Gasteiger partial charge in [0.05, 0.1) is 0 Å². The number of aromatic nitrogens is 1. The summed E-state index contributed by atoms with van der Waals surface area (Å²) < 4.78 is 0. The molecule has 0 fully saturated rings. The third-order valence-corrected chi connectivity index (χ3v) is 5.92. The molecule has 1 aromatic heterocycles. The normalized spacial score (nSPS) is 16.9. The molecular formula is C25H26IrN-. The zero-order valence-electron chi connectivity index (χ0n) is 16.5. The van der Waals surface area contributed by atoms with Crippen molar-refractivity contribution >= 4 is 0 Å². The van der Waals surface area contributed by atoms with Gasteiger partial charge >= 0.3 is 0 Å².